The molecule has 7 heteroatoms. The molecule has 1 aromatic heterocycles. The third-order valence-electron chi connectivity index (χ3n) is 3.61. The summed E-state index contributed by atoms with van der Waals surface area (Å²) in [5.74, 6) is 2.89. The summed E-state index contributed by atoms with van der Waals surface area (Å²) in [6.45, 7) is 4.77. The highest BCUT2D eigenvalue weighted by Crippen LogP contribution is 2.20. The number of ether oxygens (including phenoxy) is 1. The average molecular weight is 330 g/mol. The average Bonchev–Trinajstić information content (AvgIpc) is 3.09. The summed E-state index contributed by atoms with van der Waals surface area (Å²) in [5.41, 5.74) is 1.45. The Labute approximate surface area is 139 Å². The van der Waals surface area contributed by atoms with E-state index in [0.29, 0.717) is 23.1 Å². The van der Waals surface area contributed by atoms with Gasteiger partial charge < -0.3 is 9.15 Å². The van der Waals surface area contributed by atoms with E-state index in [1.165, 1.54) is 0 Å². The molecule has 1 aromatic carbocycles. The van der Waals surface area contributed by atoms with Crippen LogP contribution in [0.4, 0.5) is 0 Å². The van der Waals surface area contributed by atoms with Gasteiger partial charge in [0.25, 0.3) is 0 Å². The maximum absolute atomic E-state index is 8.80. The Hall–Kier alpha value is -1.88. The minimum Gasteiger partial charge on any atom is -0.420 e. The van der Waals surface area contributed by atoms with E-state index >= 15 is 0 Å². The second-order valence-electron chi connectivity index (χ2n) is 5.20. The standard InChI is InChI=1S/C16H18N4O2S/c17-11-13-1-3-14(4-2-13)16-19-18-15(22-16)12-23-10-7-20-5-8-21-9-6-20/h1-4H,5-10,12H2. The van der Waals surface area contributed by atoms with Crippen LogP contribution in [0.3, 0.4) is 0 Å². The summed E-state index contributed by atoms with van der Waals surface area (Å²) in [5, 5.41) is 17.0. The van der Waals surface area contributed by atoms with Crippen molar-refractivity contribution in [2.75, 3.05) is 38.6 Å². The normalized spacial score (nSPS) is 15.4. The van der Waals surface area contributed by atoms with Gasteiger partial charge in [-0.1, -0.05) is 0 Å². The molecule has 6 nitrogen and oxygen atoms in total. The molecule has 23 heavy (non-hydrogen) atoms. The van der Waals surface area contributed by atoms with Crippen molar-refractivity contribution >= 4 is 11.8 Å². The van der Waals surface area contributed by atoms with Crippen LogP contribution in [0.25, 0.3) is 11.5 Å². The van der Waals surface area contributed by atoms with Gasteiger partial charge in [-0.2, -0.15) is 17.0 Å². The molecule has 120 valence electrons. The predicted octanol–water partition coefficient (Wildman–Crippen LogP) is 2.17. The third-order valence-corrected chi connectivity index (χ3v) is 4.53. The van der Waals surface area contributed by atoms with Gasteiger partial charge in [0.15, 0.2) is 0 Å². The molecule has 0 saturated carbocycles. The third kappa shape index (κ3) is 4.55. The molecule has 0 radical (unpaired) electrons. The van der Waals surface area contributed by atoms with Crippen molar-refractivity contribution in [2.24, 2.45) is 0 Å². The first-order valence-electron chi connectivity index (χ1n) is 7.56. The van der Waals surface area contributed by atoms with Crippen LogP contribution in [0.15, 0.2) is 28.7 Å². The van der Waals surface area contributed by atoms with Crippen LogP contribution in [0, 0.1) is 11.3 Å². The highest BCUT2D eigenvalue weighted by molar-refractivity contribution is 7.98. The number of nitrogens with zero attached hydrogens (tertiary/aromatic N) is 4. The molecule has 1 aliphatic rings. The molecule has 1 fully saturated rings. The van der Waals surface area contributed by atoms with Gasteiger partial charge in [0.05, 0.1) is 30.6 Å². The Morgan fingerprint density at radius 2 is 1.96 bits per heavy atom. The fourth-order valence-corrected chi connectivity index (χ4v) is 3.12. The van der Waals surface area contributed by atoms with Gasteiger partial charge in [0, 0.05) is 31.0 Å². The van der Waals surface area contributed by atoms with Crippen molar-refractivity contribution in [2.45, 2.75) is 5.75 Å². The number of benzene rings is 1. The van der Waals surface area contributed by atoms with Gasteiger partial charge in [0.1, 0.15) is 0 Å². The molecule has 0 amide bonds. The van der Waals surface area contributed by atoms with Crippen LogP contribution in [0.1, 0.15) is 11.5 Å². The molecule has 0 atom stereocenters. The number of nitriles is 1. The van der Waals surface area contributed by atoms with Crippen molar-refractivity contribution in [3.05, 3.63) is 35.7 Å². The van der Waals surface area contributed by atoms with Crippen LogP contribution in [0.2, 0.25) is 0 Å². The van der Waals surface area contributed by atoms with E-state index in [9.17, 15) is 0 Å². The zero-order chi connectivity index (χ0) is 15.9. The largest absolute Gasteiger partial charge is 0.420 e. The molecule has 0 bridgehead atoms. The molecule has 0 N–H and O–H groups in total. The van der Waals surface area contributed by atoms with E-state index in [0.717, 1.165) is 44.2 Å². The molecule has 0 spiro atoms. The quantitative estimate of drug-likeness (QED) is 0.751. The lowest BCUT2D eigenvalue weighted by Gasteiger charge is -2.26. The van der Waals surface area contributed by atoms with Crippen LogP contribution >= 0.6 is 11.8 Å². The minimum atomic E-state index is 0.498. The first kappa shape index (κ1) is 16.0. The van der Waals surface area contributed by atoms with Crippen molar-refractivity contribution in [1.29, 1.82) is 5.26 Å². The highest BCUT2D eigenvalue weighted by Gasteiger charge is 2.11. The molecule has 2 aromatic rings. The fraction of sp³-hybridized carbons (Fsp3) is 0.438. The van der Waals surface area contributed by atoms with E-state index in [2.05, 4.69) is 21.2 Å². The Morgan fingerprint density at radius 1 is 1.17 bits per heavy atom. The number of aromatic nitrogens is 2. The van der Waals surface area contributed by atoms with Crippen molar-refractivity contribution in [3.8, 4) is 17.5 Å². The predicted molar refractivity (Wildman–Crippen MR) is 87.9 cm³/mol. The number of rotatable bonds is 6. The number of morpholine rings is 1. The minimum absolute atomic E-state index is 0.498. The zero-order valence-corrected chi connectivity index (χ0v) is 13.6. The molecular weight excluding hydrogens is 312 g/mol. The zero-order valence-electron chi connectivity index (χ0n) is 12.8. The van der Waals surface area contributed by atoms with Crippen LogP contribution < -0.4 is 0 Å². The summed E-state index contributed by atoms with van der Waals surface area (Å²) < 4.78 is 11.0. The van der Waals surface area contributed by atoms with Gasteiger partial charge >= 0.3 is 0 Å². The smallest absolute Gasteiger partial charge is 0.247 e. The van der Waals surface area contributed by atoms with E-state index in [1.807, 2.05) is 12.1 Å². The molecular formula is C16H18N4O2S. The summed E-state index contributed by atoms with van der Waals surface area (Å²) in [4.78, 5) is 2.41. The Balaban J connectivity index is 1.46. The molecule has 1 saturated heterocycles. The molecule has 1 aliphatic heterocycles. The lowest BCUT2D eigenvalue weighted by Crippen LogP contribution is -2.37. The Bertz CT molecular complexity index is 659. The first-order chi connectivity index (χ1) is 11.3. The summed E-state index contributed by atoms with van der Waals surface area (Å²) in [7, 11) is 0. The van der Waals surface area contributed by atoms with Gasteiger partial charge in [-0.15, -0.1) is 10.2 Å². The van der Waals surface area contributed by atoms with Crippen molar-refractivity contribution in [3.63, 3.8) is 0 Å². The van der Waals surface area contributed by atoms with Gasteiger partial charge in [0.2, 0.25) is 11.8 Å². The van der Waals surface area contributed by atoms with E-state index in [1.54, 1.807) is 23.9 Å². The Morgan fingerprint density at radius 3 is 2.70 bits per heavy atom. The van der Waals surface area contributed by atoms with Crippen molar-refractivity contribution in [1.82, 2.24) is 15.1 Å². The summed E-state index contributed by atoms with van der Waals surface area (Å²) in [6.07, 6.45) is 0. The van der Waals surface area contributed by atoms with Crippen molar-refractivity contribution < 1.29 is 9.15 Å². The van der Waals surface area contributed by atoms with Gasteiger partial charge in [-0.05, 0) is 24.3 Å². The van der Waals surface area contributed by atoms with Crippen LogP contribution in [-0.2, 0) is 10.5 Å². The second kappa shape index (κ2) is 8.11. The molecule has 0 aliphatic carbocycles. The number of thioether (sulfide) groups is 1. The molecule has 2 heterocycles. The van der Waals surface area contributed by atoms with E-state index in [-0.39, 0.29) is 0 Å². The fourth-order valence-electron chi connectivity index (χ4n) is 2.29. The summed E-state index contributed by atoms with van der Waals surface area (Å²) >= 11 is 1.79. The van der Waals surface area contributed by atoms with Crippen LogP contribution in [-0.4, -0.2) is 53.7 Å². The van der Waals surface area contributed by atoms with Gasteiger partial charge in [-0.3, -0.25) is 4.90 Å². The van der Waals surface area contributed by atoms with E-state index in [4.69, 9.17) is 14.4 Å². The van der Waals surface area contributed by atoms with E-state index < -0.39 is 0 Å². The topological polar surface area (TPSA) is 75.2 Å². The second-order valence-corrected chi connectivity index (χ2v) is 6.30. The monoisotopic (exact) mass is 330 g/mol. The lowest BCUT2D eigenvalue weighted by molar-refractivity contribution is 0.0410. The lowest BCUT2D eigenvalue weighted by atomic mass is 10.1. The SMILES string of the molecule is N#Cc1ccc(-c2nnc(CSCCN3CCOCC3)o2)cc1. The number of hydrogen-bond donors (Lipinski definition) is 0. The molecule has 0 unspecified atom stereocenters. The maximum atomic E-state index is 8.80. The Kier molecular flexibility index (Phi) is 5.64. The first-order valence-corrected chi connectivity index (χ1v) is 8.71. The summed E-state index contributed by atoms with van der Waals surface area (Å²) in [6, 6.07) is 9.22. The highest BCUT2D eigenvalue weighted by atomic mass is 32.2. The van der Waals surface area contributed by atoms with Crippen LogP contribution in [0.5, 0.6) is 0 Å². The number of hydrogen-bond acceptors (Lipinski definition) is 7. The molecule has 3 rings (SSSR count). The van der Waals surface area contributed by atoms with Gasteiger partial charge in [-0.25, -0.2) is 0 Å². The maximum Gasteiger partial charge on any atom is 0.247 e.